The van der Waals surface area contributed by atoms with Crippen molar-refractivity contribution in [2.45, 2.75) is 67.2 Å². The van der Waals surface area contributed by atoms with E-state index in [1.807, 2.05) is 20.8 Å². The molecule has 2 heteroatoms. The van der Waals surface area contributed by atoms with Crippen molar-refractivity contribution in [2.24, 2.45) is 10.8 Å². The molecule has 0 saturated heterocycles. The summed E-state index contributed by atoms with van der Waals surface area (Å²) < 4.78 is 0. The van der Waals surface area contributed by atoms with Gasteiger partial charge in [-0.2, -0.15) is 0 Å². The molecule has 2 nitrogen and oxygen atoms in total. The molecule has 0 spiro atoms. The van der Waals surface area contributed by atoms with Crippen LogP contribution in [0.2, 0.25) is 0 Å². The average molecular weight is 227 g/mol. The van der Waals surface area contributed by atoms with Crippen LogP contribution in [0.25, 0.3) is 0 Å². The third-order valence-corrected chi connectivity index (χ3v) is 2.87. The summed E-state index contributed by atoms with van der Waals surface area (Å²) in [5.74, 6) is 0.149. The van der Waals surface area contributed by atoms with E-state index in [1.54, 1.807) is 0 Å². The van der Waals surface area contributed by atoms with Gasteiger partial charge in [0.05, 0.1) is 0 Å². The van der Waals surface area contributed by atoms with E-state index in [9.17, 15) is 4.79 Å². The van der Waals surface area contributed by atoms with Crippen LogP contribution in [0.5, 0.6) is 0 Å². The molecule has 96 valence electrons. The first-order valence-corrected chi connectivity index (χ1v) is 6.47. The molecular formula is C14H29NO. The van der Waals surface area contributed by atoms with Crippen molar-refractivity contribution < 1.29 is 4.79 Å². The maximum atomic E-state index is 11.7. The summed E-state index contributed by atoms with van der Waals surface area (Å²) in [5, 5.41) is 3.05. The SMILES string of the molecule is CCCCCC(C)(C)CNC(=O)C(C)(C)C. The van der Waals surface area contributed by atoms with Crippen molar-refractivity contribution in [2.75, 3.05) is 6.54 Å². The van der Waals surface area contributed by atoms with Gasteiger partial charge in [0, 0.05) is 12.0 Å². The van der Waals surface area contributed by atoms with Crippen LogP contribution < -0.4 is 5.32 Å². The summed E-state index contributed by atoms with van der Waals surface area (Å²) in [4.78, 5) is 11.7. The Balaban J connectivity index is 3.94. The van der Waals surface area contributed by atoms with E-state index in [1.165, 1.54) is 25.7 Å². The number of rotatable bonds is 6. The first kappa shape index (κ1) is 15.5. The van der Waals surface area contributed by atoms with Gasteiger partial charge in [0.25, 0.3) is 0 Å². The summed E-state index contributed by atoms with van der Waals surface area (Å²) in [6.45, 7) is 13.3. The topological polar surface area (TPSA) is 29.1 Å². The predicted molar refractivity (Wildman–Crippen MR) is 70.4 cm³/mol. The Kier molecular flexibility index (Phi) is 6.06. The zero-order chi connectivity index (χ0) is 12.8. The quantitative estimate of drug-likeness (QED) is 0.688. The molecule has 0 atom stereocenters. The van der Waals surface area contributed by atoms with E-state index < -0.39 is 0 Å². The second-order valence-electron chi connectivity index (χ2n) is 6.55. The first-order valence-electron chi connectivity index (χ1n) is 6.47. The highest BCUT2D eigenvalue weighted by atomic mass is 16.2. The Morgan fingerprint density at radius 3 is 2.06 bits per heavy atom. The summed E-state index contributed by atoms with van der Waals surface area (Å²) in [7, 11) is 0. The molecule has 0 rings (SSSR count). The molecule has 0 aliphatic carbocycles. The van der Waals surface area contributed by atoms with Crippen LogP contribution >= 0.6 is 0 Å². The number of amides is 1. The molecule has 0 saturated carbocycles. The highest BCUT2D eigenvalue weighted by Gasteiger charge is 2.24. The molecule has 16 heavy (non-hydrogen) atoms. The lowest BCUT2D eigenvalue weighted by Crippen LogP contribution is -2.40. The summed E-state index contributed by atoms with van der Waals surface area (Å²) in [6, 6.07) is 0. The summed E-state index contributed by atoms with van der Waals surface area (Å²) in [5.41, 5.74) is -0.0599. The third-order valence-electron chi connectivity index (χ3n) is 2.87. The van der Waals surface area contributed by atoms with E-state index in [4.69, 9.17) is 0 Å². The minimum Gasteiger partial charge on any atom is -0.355 e. The average Bonchev–Trinajstić information content (AvgIpc) is 2.13. The molecule has 0 aliphatic rings. The highest BCUT2D eigenvalue weighted by molar-refractivity contribution is 5.81. The Hall–Kier alpha value is -0.530. The predicted octanol–water partition coefficient (Wildman–Crippen LogP) is 3.76. The molecule has 0 unspecified atom stereocenters. The van der Waals surface area contributed by atoms with Crippen molar-refractivity contribution in [1.29, 1.82) is 0 Å². The van der Waals surface area contributed by atoms with Crippen molar-refractivity contribution in [3.63, 3.8) is 0 Å². The first-order chi connectivity index (χ1) is 7.19. The van der Waals surface area contributed by atoms with Gasteiger partial charge in [-0.1, -0.05) is 60.8 Å². The number of hydrogen-bond acceptors (Lipinski definition) is 1. The third kappa shape index (κ3) is 6.86. The van der Waals surface area contributed by atoms with E-state index >= 15 is 0 Å². The lowest BCUT2D eigenvalue weighted by atomic mass is 9.86. The van der Waals surface area contributed by atoms with Gasteiger partial charge in [0.1, 0.15) is 0 Å². The second kappa shape index (κ2) is 6.27. The van der Waals surface area contributed by atoms with Gasteiger partial charge in [-0.05, 0) is 11.8 Å². The van der Waals surface area contributed by atoms with Gasteiger partial charge in [0.2, 0.25) is 5.91 Å². The van der Waals surface area contributed by atoms with Crippen molar-refractivity contribution in [3.05, 3.63) is 0 Å². The Morgan fingerprint density at radius 1 is 1.06 bits per heavy atom. The fourth-order valence-electron chi connectivity index (χ4n) is 1.53. The van der Waals surface area contributed by atoms with Gasteiger partial charge < -0.3 is 5.32 Å². The van der Waals surface area contributed by atoms with Crippen LogP contribution in [-0.2, 0) is 4.79 Å². The minimum atomic E-state index is -0.278. The lowest BCUT2D eigenvalue weighted by Gasteiger charge is -2.27. The number of carbonyl (C=O) groups excluding carboxylic acids is 1. The van der Waals surface area contributed by atoms with Crippen LogP contribution in [0.1, 0.15) is 67.2 Å². The van der Waals surface area contributed by atoms with E-state index in [0.29, 0.717) is 0 Å². The molecule has 1 amide bonds. The van der Waals surface area contributed by atoms with E-state index in [0.717, 1.165) is 6.54 Å². The van der Waals surface area contributed by atoms with Crippen molar-refractivity contribution >= 4 is 5.91 Å². The fraction of sp³-hybridized carbons (Fsp3) is 0.929. The zero-order valence-corrected chi connectivity index (χ0v) is 11.9. The monoisotopic (exact) mass is 227 g/mol. The van der Waals surface area contributed by atoms with Crippen molar-refractivity contribution in [3.8, 4) is 0 Å². The highest BCUT2D eigenvalue weighted by Crippen LogP contribution is 2.23. The van der Waals surface area contributed by atoms with Crippen LogP contribution in [0.3, 0.4) is 0 Å². The van der Waals surface area contributed by atoms with E-state index in [-0.39, 0.29) is 16.7 Å². The number of carbonyl (C=O) groups is 1. The molecule has 0 radical (unpaired) electrons. The Morgan fingerprint density at radius 2 is 1.62 bits per heavy atom. The second-order valence-corrected chi connectivity index (χ2v) is 6.55. The standard InChI is InChI=1S/C14H29NO/c1-7-8-9-10-14(5,6)11-15-12(16)13(2,3)4/h7-11H2,1-6H3,(H,15,16). The largest absolute Gasteiger partial charge is 0.355 e. The lowest BCUT2D eigenvalue weighted by molar-refractivity contribution is -0.129. The van der Waals surface area contributed by atoms with Gasteiger partial charge in [0.15, 0.2) is 0 Å². The van der Waals surface area contributed by atoms with Gasteiger partial charge >= 0.3 is 0 Å². The molecule has 0 fully saturated rings. The molecule has 0 aliphatic heterocycles. The van der Waals surface area contributed by atoms with Crippen LogP contribution in [0.4, 0.5) is 0 Å². The molecule has 0 heterocycles. The van der Waals surface area contributed by atoms with Gasteiger partial charge in [-0.3, -0.25) is 4.79 Å². The smallest absolute Gasteiger partial charge is 0.225 e. The molecule has 0 aromatic rings. The Bertz CT molecular complexity index is 213. The molecule has 0 aromatic heterocycles. The maximum Gasteiger partial charge on any atom is 0.225 e. The number of unbranched alkanes of at least 4 members (excludes halogenated alkanes) is 2. The zero-order valence-electron chi connectivity index (χ0n) is 11.9. The number of hydrogen-bond donors (Lipinski definition) is 1. The Labute approximate surface area is 101 Å². The maximum absolute atomic E-state index is 11.7. The fourth-order valence-corrected chi connectivity index (χ4v) is 1.53. The van der Waals surface area contributed by atoms with E-state index in [2.05, 4.69) is 26.1 Å². The summed E-state index contributed by atoms with van der Waals surface area (Å²) >= 11 is 0. The van der Waals surface area contributed by atoms with Crippen molar-refractivity contribution in [1.82, 2.24) is 5.32 Å². The van der Waals surface area contributed by atoms with Crippen LogP contribution in [-0.4, -0.2) is 12.5 Å². The molecule has 1 N–H and O–H groups in total. The minimum absolute atomic E-state index is 0.149. The van der Waals surface area contributed by atoms with Gasteiger partial charge in [-0.15, -0.1) is 0 Å². The normalized spacial score (nSPS) is 12.6. The summed E-state index contributed by atoms with van der Waals surface area (Å²) in [6.07, 6.45) is 4.99. The number of nitrogens with one attached hydrogen (secondary N) is 1. The van der Waals surface area contributed by atoms with Crippen LogP contribution in [0, 0.1) is 10.8 Å². The molecule has 0 bridgehead atoms. The molecular weight excluding hydrogens is 198 g/mol. The molecule has 0 aromatic carbocycles. The van der Waals surface area contributed by atoms with Gasteiger partial charge in [-0.25, -0.2) is 0 Å². The van der Waals surface area contributed by atoms with Crippen LogP contribution in [0.15, 0.2) is 0 Å².